The molecule has 0 N–H and O–H groups in total. The van der Waals surface area contributed by atoms with Gasteiger partial charge in [-0.25, -0.2) is 0 Å². The summed E-state index contributed by atoms with van der Waals surface area (Å²) in [6.45, 7) is 3.01. The molecule has 0 aliphatic carbocycles. The fourth-order valence-electron chi connectivity index (χ4n) is 2.72. The molecule has 0 aromatic heterocycles. The van der Waals surface area contributed by atoms with Crippen LogP contribution in [0.3, 0.4) is 0 Å². The van der Waals surface area contributed by atoms with Crippen LogP contribution in [0.25, 0.3) is 10.8 Å². The first-order valence-corrected chi connectivity index (χ1v) is 7.09. The minimum atomic E-state index is 0.721. The van der Waals surface area contributed by atoms with Crippen LogP contribution in [0, 0.1) is 11.3 Å². The number of hydrogen-bond donors (Lipinski definition) is 0. The standard InChI is InChI=1S/C19H16N2/c1-2-21(16-8-4-3-5-9-16)19-13-12-15(14-20)17-10-6-7-11-18(17)19/h3-13H,2H2,1H3. The fourth-order valence-corrected chi connectivity index (χ4v) is 2.72. The van der Waals surface area contributed by atoms with Gasteiger partial charge in [-0.15, -0.1) is 0 Å². The molecule has 0 radical (unpaired) electrons. The van der Waals surface area contributed by atoms with E-state index in [0.29, 0.717) is 0 Å². The molecule has 0 atom stereocenters. The van der Waals surface area contributed by atoms with E-state index in [4.69, 9.17) is 0 Å². The van der Waals surface area contributed by atoms with Crippen molar-refractivity contribution in [2.45, 2.75) is 6.92 Å². The van der Waals surface area contributed by atoms with Crippen LogP contribution >= 0.6 is 0 Å². The van der Waals surface area contributed by atoms with Crippen molar-refractivity contribution < 1.29 is 0 Å². The Morgan fingerprint density at radius 2 is 1.52 bits per heavy atom. The molecule has 2 nitrogen and oxygen atoms in total. The first-order valence-electron chi connectivity index (χ1n) is 7.09. The Bertz CT molecular complexity index is 801. The van der Waals surface area contributed by atoms with E-state index < -0.39 is 0 Å². The van der Waals surface area contributed by atoms with Gasteiger partial charge >= 0.3 is 0 Å². The van der Waals surface area contributed by atoms with Crippen molar-refractivity contribution in [3.63, 3.8) is 0 Å². The molecular formula is C19H16N2. The molecule has 102 valence electrons. The topological polar surface area (TPSA) is 27.0 Å². The maximum Gasteiger partial charge on any atom is 0.0998 e. The highest BCUT2D eigenvalue weighted by Crippen LogP contribution is 2.33. The molecular weight excluding hydrogens is 256 g/mol. The maximum absolute atomic E-state index is 9.28. The third-order valence-corrected chi connectivity index (χ3v) is 3.70. The summed E-state index contributed by atoms with van der Waals surface area (Å²) < 4.78 is 0. The van der Waals surface area contributed by atoms with Crippen LogP contribution in [-0.4, -0.2) is 6.54 Å². The first kappa shape index (κ1) is 13.2. The third-order valence-electron chi connectivity index (χ3n) is 3.70. The molecule has 2 heteroatoms. The molecule has 0 amide bonds. The third kappa shape index (κ3) is 2.34. The Morgan fingerprint density at radius 1 is 0.857 bits per heavy atom. The lowest BCUT2D eigenvalue weighted by Gasteiger charge is -2.25. The van der Waals surface area contributed by atoms with E-state index in [0.717, 1.165) is 34.3 Å². The Balaban J connectivity index is 2.23. The largest absolute Gasteiger partial charge is 0.341 e. The van der Waals surface area contributed by atoms with E-state index >= 15 is 0 Å². The quantitative estimate of drug-likeness (QED) is 0.680. The molecule has 3 aromatic rings. The lowest BCUT2D eigenvalue weighted by atomic mass is 10.0. The highest BCUT2D eigenvalue weighted by atomic mass is 15.1. The predicted octanol–water partition coefficient (Wildman–Crippen LogP) is 4.87. The van der Waals surface area contributed by atoms with Gasteiger partial charge < -0.3 is 4.90 Å². The van der Waals surface area contributed by atoms with E-state index in [2.05, 4.69) is 36.1 Å². The number of nitriles is 1. The van der Waals surface area contributed by atoms with Crippen molar-refractivity contribution in [2.24, 2.45) is 0 Å². The number of nitrogens with zero attached hydrogens (tertiary/aromatic N) is 2. The van der Waals surface area contributed by atoms with Crippen LogP contribution in [0.4, 0.5) is 11.4 Å². The Kier molecular flexibility index (Phi) is 3.57. The van der Waals surface area contributed by atoms with Crippen LogP contribution < -0.4 is 4.90 Å². The van der Waals surface area contributed by atoms with Gasteiger partial charge in [-0.3, -0.25) is 0 Å². The van der Waals surface area contributed by atoms with Gasteiger partial charge in [-0.2, -0.15) is 5.26 Å². The molecule has 21 heavy (non-hydrogen) atoms. The lowest BCUT2D eigenvalue weighted by Crippen LogP contribution is -2.16. The molecule has 0 aliphatic heterocycles. The molecule has 0 bridgehead atoms. The van der Waals surface area contributed by atoms with Crippen molar-refractivity contribution in [3.8, 4) is 6.07 Å². The summed E-state index contributed by atoms with van der Waals surface area (Å²) in [5, 5.41) is 11.4. The van der Waals surface area contributed by atoms with Gasteiger partial charge in [0.1, 0.15) is 0 Å². The molecule has 0 aliphatic rings. The maximum atomic E-state index is 9.28. The van der Waals surface area contributed by atoms with Crippen LogP contribution in [0.2, 0.25) is 0 Å². The van der Waals surface area contributed by atoms with Gasteiger partial charge in [0, 0.05) is 28.7 Å². The average Bonchev–Trinajstić information content (AvgIpc) is 2.56. The molecule has 0 saturated carbocycles. The molecule has 0 fully saturated rings. The monoisotopic (exact) mass is 272 g/mol. The van der Waals surface area contributed by atoms with Crippen LogP contribution in [0.1, 0.15) is 12.5 Å². The van der Waals surface area contributed by atoms with Crippen molar-refractivity contribution in [2.75, 3.05) is 11.4 Å². The number of anilines is 2. The first-order chi connectivity index (χ1) is 10.3. The van der Waals surface area contributed by atoms with Crippen LogP contribution in [0.5, 0.6) is 0 Å². The highest BCUT2D eigenvalue weighted by Gasteiger charge is 2.12. The van der Waals surface area contributed by atoms with Crippen molar-refractivity contribution in [3.05, 3.63) is 72.3 Å². The normalized spacial score (nSPS) is 10.3. The average molecular weight is 272 g/mol. The van der Waals surface area contributed by atoms with Gasteiger partial charge in [0.05, 0.1) is 11.6 Å². The van der Waals surface area contributed by atoms with E-state index in [-0.39, 0.29) is 0 Å². The minimum Gasteiger partial charge on any atom is -0.341 e. The predicted molar refractivity (Wildman–Crippen MR) is 87.8 cm³/mol. The van der Waals surface area contributed by atoms with Gasteiger partial charge in [-0.1, -0.05) is 42.5 Å². The molecule has 3 aromatic carbocycles. The summed E-state index contributed by atoms with van der Waals surface area (Å²) in [6.07, 6.45) is 0. The molecule has 0 spiro atoms. The van der Waals surface area contributed by atoms with Gasteiger partial charge in [0.2, 0.25) is 0 Å². The second kappa shape index (κ2) is 5.68. The number of para-hydroxylation sites is 1. The minimum absolute atomic E-state index is 0.721. The van der Waals surface area contributed by atoms with E-state index in [1.165, 1.54) is 0 Å². The van der Waals surface area contributed by atoms with E-state index in [1.54, 1.807) is 0 Å². The summed E-state index contributed by atoms with van der Waals surface area (Å²) in [6, 6.07) is 24.6. The van der Waals surface area contributed by atoms with E-state index in [1.807, 2.05) is 48.5 Å². The number of fused-ring (bicyclic) bond motifs is 1. The molecule has 0 unspecified atom stereocenters. The summed E-state index contributed by atoms with van der Waals surface area (Å²) in [5.41, 5.74) is 3.02. The summed E-state index contributed by atoms with van der Waals surface area (Å²) in [4.78, 5) is 2.27. The number of hydrogen-bond acceptors (Lipinski definition) is 2. The summed E-state index contributed by atoms with van der Waals surface area (Å²) >= 11 is 0. The zero-order chi connectivity index (χ0) is 14.7. The SMILES string of the molecule is CCN(c1ccccc1)c1ccc(C#N)c2ccccc12. The van der Waals surface area contributed by atoms with Gasteiger partial charge in [0.25, 0.3) is 0 Å². The fraction of sp³-hybridized carbons (Fsp3) is 0.105. The summed E-state index contributed by atoms with van der Waals surface area (Å²) in [7, 11) is 0. The van der Waals surface area contributed by atoms with E-state index in [9.17, 15) is 5.26 Å². The van der Waals surface area contributed by atoms with Crippen molar-refractivity contribution in [1.29, 1.82) is 5.26 Å². The van der Waals surface area contributed by atoms with Gasteiger partial charge in [-0.05, 0) is 31.2 Å². The Morgan fingerprint density at radius 3 is 2.19 bits per heavy atom. The zero-order valence-electron chi connectivity index (χ0n) is 12.0. The van der Waals surface area contributed by atoms with Gasteiger partial charge in [0.15, 0.2) is 0 Å². The van der Waals surface area contributed by atoms with Crippen molar-refractivity contribution in [1.82, 2.24) is 0 Å². The second-order valence-electron chi connectivity index (χ2n) is 4.87. The number of benzene rings is 3. The molecule has 0 saturated heterocycles. The van der Waals surface area contributed by atoms with Crippen molar-refractivity contribution >= 4 is 22.1 Å². The van der Waals surface area contributed by atoms with Crippen LogP contribution in [0.15, 0.2) is 66.7 Å². The molecule has 0 heterocycles. The number of rotatable bonds is 3. The smallest absolute Gasteiger partial charge is 0.0998 e. The van der Waals surface area contributed by atoms with Crippen LogP contribution in [-0.2, 0) is 0 Å². The Hall–Kier alpha value is -2.79. The zero-order valence-corrected chi connectivity index (χ0v) is 12.0. The molecule has 3 rings (SSSR count). The highest BCUT2D eigenvalue weighted by molar-refractivity contribution is 5.99. The lowest BCUT2D eigenvalue weighted by molar-refractivity contribution is 1.03. The summed E-state index contributed by atoms with van der Waals surface area (Å²) in [5.74, 6) is 0. The second-order valence-corrected chi connectivity index (χ2v) is 4.87. The Labute approximate surface area is 124 Å².